The molecule has 36 heavy (non-hydrogen) atoms. The van der Waals surface area contributed by atoms with E-state index in [9.17, 15) is 9.59 Å². The van der Waals surface area contributed by atoms with E-state index in [1.54, 1.807) is 48.7 Å². The quantitative estimate of drug-likeness (QED) is 0.394. The molecule has 5 heterocycles. The van der Waals surface area contributed by atoms with Crippen molar-refractivity contribution >= 4 is 39.4 Å². The van der Waals surface area contributed by atoms with Crippen molar-refractivity contribution in [2.45, 2.75) is 20.8 Å². The third-order valence-electron chi connectivity index (χ3n) is 6.07. The van der Waals surface area contributed by atoms with Crippen LogP contribution in [0.25, 0.3) is 15.3 Å². The van der Waals surface area contributed by atoms with E-state index in [-0.39, 0.29) is 17.2 Å². The van der Waals surface area contributed by atoms with Crippen LogP contribution in [0.5, 0.6) is 5.88 Å². The summed E-state index contributed by atoms with van der Waals surface area (Å²) in [5, 5.41) is 14.4. The van der Waals surface area contributed by atoms with Gasteiger partial charge in [-0.15, -0.1) is 11.3 Å². The molecule has 11 nitrogen and oxygen atoms in total. The largest absolute Gasteiger partial charge is 0.481 e. The van der Waals surface area contributed by atoms with Gasteiger partial charge in [-0.25, -0.2) is 9.20 Å². The number of nitrogens with zero attached hydrogens (tertiary/aromatic N) is 6. The van der Waals surface area contributed by atoms with Crippen molar-refractivity contribution < 1.29 is 14.3 Å². The summed E-state index contributed by atoms with van der Waals surface area (Å²) in [7, 11) is 3.40. The molecule has 0 radical (unpaired) electrons. The van der Waals surface area contributed by atoms with Gasteiger partial charge in [0, 0.05) is 26.3 Å². The number of carbonyl (C=O) groups excluding carboxylic acids is 2. The Morgan fingerprint density at radius 1 is 1.17 bits per heavy atom. The molecular weight excluding hydrogens is 480 g/mol. The van der Waals surface area contributed by atoms with E-state index in [1.165, 1.54) is 17.5 Å². The first-order valence-electron chi connectivity index (χ1n) is 11.5. The average Bonchev–Trinajstić information content (AvgIpc) is 3.48. The van der Waals surface area contributed by atoms with Crippen molar-refractivity contribution in [3.8, 4) is 16.3 Å². The third kappa shape index (κ3) is 4.56. The highest BCUT2D eigenvalue weighted by Crippen LogP contribution is 2.36. The van der Waals surface area contributed by atoms with Crippen LogP contribution in [0.3, 0.4) is 0 Å². The van der Waals surface area contributed by atoms with Gasteiger partial charge in [0.05, 0.1) is 65.3 Å². The van der Waals surface area contributed by atoms with Crippen LogP contribution in [0, 0.1) is 12.3 Å². The van der Waals surface area contributed by atoms with Crippen LogP contribution in [0.4, 0.5) is 11.4 Å². The first-order valence-corrected chi connectivity index (χ1v) is 12.3. The summed E-state index contributed by atoms with van der Waals surface area (Å²) in [6.45, 7) is 8.28. The number of aryl methyl sites for hydroxylation is 2. The summed E-state index contributed by atoms with van der Waals surface area (Å²) >= 11 is 1.42. The molecule has 12 heteroatoms. The molecule has 0 aromatic carbocycles. The molecule has 0 atom stereocenters. The van der Waals surface area contributed by atoms with E-state index < -0.39 is 0 Å². The monoisotopic (exact) mass is 508 g/mol. The van der Waals surface area contributed by atoms with Crippen molar-refractivity contribution in [3.63, 3.8) is 0 Å². The van der Waals surface area contributed by atoms with Crippen LogP contribution in [-0.2, 0) is 11.8 Å². The molecule has 0 unspecified atom stereocenters. The molecule has 4 aromatic rings. The molecule has 0 bridgehead atoms. The number of thiazole rings is 1. The zero-order valence-corrected chi connectivity index (χ0v) is 21.6. The summed E-state index contributed by atoms with van der Waals surface area (Å²) in [6, 6.07) is 1.72. The fraction of sp³-hybridized carbons (Fsp3) is 0.375. The minimum Gasteiger partial charge on any atom is -0.481 e. The number of methoxy groups -OCH3 is 1. The molecule has 1 aliphatic rings. The summed E-state index contributed by atoms with van der Waals surface area (Å²) in [5.74, 6) is 0.209. The van der Waals surface area contributed by atoms with E-state index in [4.69, 9.17) is 4.74 Å². The van der Waals surface area contributed by atoms with Gasteiger partial charge < -0.3 is 15.4 Å². The Labute approximate surface area is 212 Å². The summed E-state index contributed by atoms with van der Waals surface area (Å²) in [4.78, 5) is 33.7. The lowest BCUT2D eigenvalue weighted by Gasteiger charge is -2.45. The Morgan fingerprint density at radius 3 is 2.67 bits per heavy atom. The molecule has 188 valence electrons. The predicted octanol–water partition coefficient (Wildman–Crippen LogP) is 3.04. The number of hydrogen-bond donors (Lipinski definition) is 2. The highest BCUT2D eigenvalue weighted by molar-refractivity contribution is 7.21. The number of carbonyl (C=O) groups is 2. The van der Waals surface area contributed by atoms with Crippen LogP contribution in [0.1, 0.15) is 29.9 Å². The Morgan fingerprint density at radius 2 is 1.94 bits per heavy atom. The number of likely N-dealkylation sites (tertiary alicyclic amines) is 1. The van der Waals surface area contributed by atoms with Crippen molar-refractivity contribution in [2.24, 2.45) is 12.5 Å². The minimum absolute atomic E-state index is 0.108. The summed E-state index contributed by atoms with van der Waals surface area (Å²) in [5.41, 5.74) is 3.21. The van der Waals surface area contributed by atoms with Gasteiger partial charge in [0.2, 0.25) is 11.8 Å². The maximum Gasteiger partial charge on any atom is 0.260 e. The zero-order chi connectivity index (χ0) is 25.6. The number of rotatable bonds is 7. The number of ether oxygens (including phenoxy) is 1. The molecule has 4 aromatic heterocycles. The topological polar surface area (TPSA) is 119 Å². The number of fused-ring (bicyclic) bond motifs is 1. The van der Waals surface area contributed by atoms with E-state index in [1.807, 2.05) is 6.20 Å². The van der Waals surface area contributed by atoms with E-state index in [0.717, 1.165) is 23.5 Å². The van der Waals surface area contributed by atoms with Gasteiger partial charge in [0.1, 0.15) is 4.83 Å². The Balaban J connectivity index is 1.31. The second-order valence-corrected chi connectivity index (χ2v) is 10.8. The van der Waals surface area contributed by atoms with Crippen LogP contribution >= 0.6 is 11.3 Å². The Hall–Kier alpha value is -3.77. The molecule has 2 N–H and O–H groups in total. The van der Waals surface area contributed by atoms with Gasteiger partial charge in [0.25, 0.3) is 5.91 Å². The fourth-order valence-electron chi connectivity index (χ4n) is 4.50. The molecule has 1 fully saturated rings. The van der Waals surface area contributed by atoms with Crippen LogP contribution in [0.2, 0.25) is 0 Å². The van der Waals surface area contributed by atoms with Gasteiger partial charge in [-0.1, -0.05) is 13.8 Å². The third-order valence-corrected chi connectivity index (χ3v) is 7.22. The van der Waals surface area contributed by atoms with Gasteiger partial charge in [0.15, 0.2) is 0 Å². The molecule has 0 spiro atoms. The van der Waals surface area contributed by atoms with Crippen LogP contribution in [-0.4, -0.2) is 67.8 Å². The average molecular weight is 509 g/mol. The number of anilines is 2. The molecule has 1 aliphatic heterocycles. The van der Waals surface area contributed by atoms with E-state index in [0.29, 0.717) is 39.9 Å². The van der Waals surface area contributed by atoms with E-state index in [2.05, 4.69) is 44.6 Å². The fourth-order valence-corrected chi connectivity index (χ4v) is 5.56. The first-order chi connectivity index (χ1) is 17.1. The maximum atomic E-state index is 13.2. The van der Waals surface area contributed by atoms with Crippen molar-refractivity contribution in [2.75, 3.05) is 37.4 Å². The van der Waals surface area contributed by atoms with Gasteiger partial charge in [-0.3, -0.25) is 19.5 Å². The molecule has 0 saturated carbocycles. The normalized spacial score (nSPS) is 15.0. The Bertz CT molecular complexity index is 1460. The molecular formula is C24H28N8O3S. The standard InChI is InChI=1S/C24H28N8O3S/c1-14-18(6-15(7-25-14)28-20(33)11-31-12-24(2,3)13-31)29-21(34)17-9-27-32-10-19(36-23(17)32)16-8-26-30(4)22(16)35-5/h6-10H,11-13H2,1-5H3,(H,28,33)(H,29,34). The van der Waals surface area contributed by atoms with Crippen molar-refractivity contribution in [1.29, 1.82) is 0 Å². The Kier molecular flexibility index (Phi) is 6.00. The van der Waals surface area contributed by atoms with Gasteiger partial charge in [-0.05, 0) is 18.4 Å². The van der Waals surface area contributed by atoms with Crippen molar-refractivity contribution in [1.82, 2.24) is 29.3 Å². The van der Waals surface area contributed by atoms with Gasteiger partial charge in [-0.2, -0.15) is 10.2 Å². The number of aromatic nitrogens is 5. The maximum absolute atomic E-state index is 13.2. The smallest absolute Gasteiger partial charge is 0.260 e. The van der Waals surface area contributed by atoms with E-state index >= 15 is 0 Å². The number of hydrogen-bond acceptors (Lipinski definition) is 8. The molecule has 5 rings (SSSR count). The highest BCUT2D eigenvalue weighted by atomic mass is 32.1. The summed E-state index contributed by atoms with van der Waals surface area (Å²) in [6.07, 6.45) is 6.70. The lowest BCUT2D eigenvalue weighted by atomic mass is 9.84. The second-order valence-electron chi connectivity index (χ2n) is 9.76. The highest BCUT2D eigenvalue weighted by Gasteiger charge is 2.34. The van der Waals surface area contributed by atoms with Crippen LogP contribution < -0.4 is 15.4 Å². The van der Waals surface area contributed by atoms with Gasteiger partial charge >= 0.3 is 0 Å². The lowest BCUT2D eigenvalue weighted by Crippen LogP contribution is -2.54. The first kappa shape index (κ1) is 23.9. The molecule has 0 aliphatic carbocycles. The molecule has 1 saturated heterocycles. The lowest BCUT2D eigenvalue weighted by molar-refractivity contribution is -0.120. The molecule has 2 amide bonds. The number of nitrogens with one attached hydrogen (secondary N) is 2. The van der Waals surface area contributed by atoms with Crippen molar-refractivity contribution in [3.05, 3.63) is 42.1 Å². The van der Waals surface area contributed by atoms with Crippen LogP contribution in [0.15, 0.2) is 30.9 Å². The number of pyridine rings is 1. The number of amides is 2. The minimum atomic E-state index is -0.312. The zero-order valence-electron chi connectivity index (χ0n) is 20.8. The predicted molar refractivity (Wildman–Crippen MR) is 138 cm³/mol. The second kappa shape index (κ2) is 9.03. The summed E-state index contributed by atoms with van der Waals surface area (Å²) < 4.78 is 8.77. The SMILES string of the molecule is COc1c(-c2cn3ncc(C(=O)Nc4cc(NC(=O)CN5CC(C)(C)C5)cnc4C)c3s2)cnn1C.